The van der Waals surface area contributed by atoms with E-state index in [4.69, 9.17) is 4.74 Å². The topological polar surface area (TPSA) is 96.0 Å². The van der Waals surface area contributed by atoms with Crippen LogP contribution in [0.4, 0.5) is 5.69 Å². The molecule has 8 nitrogen and oxygen atoms in total. The molecular weight excluding hydrogens is 478 g/mol. The highest BCUT2D eigenvalue weighted by molar-refractivity contribution is 7.92. The predicted octanol–water partition coefficient (Wildman–Crippen LogP) is 3.64. The normalized spacial score (nSPS) is 14.8. The maximum atomic E-state index is 13.8. The second-order valence-electron chi connectivity index (χ2n) is 9.34. The zero-order valence-corrected chi connectivity index (χ0v) is 22.4. The average Bonchev–Trinajstić information content (AvgIpc) is 3.35. The minimum Gasteiger partial charge on any atom is -0.497 e. The molecule has 0 unspecified atom stereocenters. The van der Waals surface area contributed by atoms with E-state index >= 15 is 0 Å². The lowest BCUT2D eigenvalue weighted by atomic mass is 10.1. The number of hydrogen-bond donors (Lipinski definition) is 1. The fourth-order valence-corrected chi connectivity index (χ4v) is 5.56. The van der Waals surface area contributed by atoms with Crippen molar-refractivity contribution in [3.8, 4) is 5.75 Å². The van der Waals surface area contributed by atoms with Gasteiger partial charge in [0.05, 0.1) is 19.1 Å². The Morgan fingerprint density at radius 1 is 1.08 bits per heavy atom. The zero-order chi connectivity index (χ0) is 26.3. The first-order valence-electron chi connectivity index (χ1n) is 12.4. The van der Waals surface area contributed by atoms with Gasteiger partial charge in [0.25, 0.3) is 0 Å². The number of para-hydroxylation sites is 1. The third-order valence-electron chi connectivity index (χ3n) is 6.66. The van der Waals surface area contributed by atoms with E-state index in [1.165, 1.54) is 4.90 Å². The van der Waals surface area contributed by atoms with E-state index in [-0.39, 0.29) is 18.5 Å². The van der Waals surface area contributed by atoms with Crippen molar-refractivity contribution in [2.75, 3.05) is 24.2 Å². The minimum absolute atomic E-state index is 0.115. The number of carbonyl (C=O) groups is 2. The summed E-state index contributed by atoms with van der Waals surface area (Å²) >= 11 is 0. The lowest BCUT2D eigenvalue weighted by Gasteiger charge is -2.33. The molecule has 1 aliphatic rings. The minimum atomic E-state index is -3.75. The summed E-state index contributed by atoms with van der Waals surface area (Å²) in [5.41, 5.74) is 2.00. The van der Waals surface area contributed by atoms with Gasteiger partial charge in [-0.15, -0.1) is 0 Å². The summed E-state index contributed by atoms with van der Waals surface area (Å²) in [5.74, 6) is 0.0476. The Kier molecular flexibility index (Phi) is 9.37. The molecule has 0 aliphatic heterocycles. The zero-order valence-electron chi connectivity index (χ0n) is 21.6. The second kappa shape index (κ2) is 12.3. The summed E-state index contributed by atoms with van der Waals surface area (Å²) in [4.78, 5) is 28.6. The van der Waals surface area contributed by atoms with Crippen LogP contribution >= 0.6 is 0 Å². The van der Waals surface area contributed by atoms with E-state index in [2.05, 4.69) is 5.32 Å². The van der Waals surface area contributed by atoms with Crippen molar-refractivity contribution in [3.63, 3.8) is 0 Å². The van der Waals surface area contributed by atoms with Crippen LogP contribution in [-0.2, 0) is 26.2 Å². The molecule has 1 fully saturated rings. The van der Waals surface area contributed by atoms with E-state index in [0.717, 1.165) is 47.4 Å². The monoisotopic (exact) mass is 515 g/mol. The number of sulfonamides is 1. The summed E-state index contributed by atoms with van der Waals surface area (Å²) in [6.07, 6.45) is 5.52. The largest absolute Gasteiger partial charge is 0.497 e. The Morgan fingerprint density at radius 2 is 1.72 bits per heavy atom. The number of carbonyl (C=O) groups excluding carboxylic acids is 2. The molecule has 0 radical (unpaired) electrons. The van der Waals surface area contributed by atoms with Crippen LogP contribution in [0.2, 0.25) is 0 Å². The highest BCUT2D eigenvalue weighted by Crippen LogP contribution is 2.24. The number of benzene rings is 2. The predicted molar refractivity (Wildman–Crippen MR) is 141 cm³/mol. The van der Waals surface area contributed by atoms with Gasteiger partial charge in [-0.1, -0.05) is 50.1 Å². The van der Waals surface area contributed by atoms with Gasteiger partial charge in [0.1, 0.15) is 18.3 Å². The number of hydrogen-bond acceptors (Lipinski definition) is 5. The molecule has 1 N–H and O–H groups in total. The number of rotatable bonds is 11. The van der Waals surface area contributed by atoms with Gasteiger partial charge in [-0.25, -0.2) is 8.42 Å². The molecule has 2 amide bonds. The quantitative estimate of drug-likeness (QED) is 0.493. The van der Waals surface area contributed by atoms with Gasteiger partial charge in [0, 0.05) is 12.6 Å². The first-order valence-corrected chi connectivity index (χ1v) is 14.2. The maximum absolute atomic E-state index is 13.8. The molecule has 3 rings (SSSR count). The molecule has 2 aromatic rings. The standard InChI is InChI=1S/C27H37N3O5S/c1-5-24(27(32)28-22-11-7-8-12-22)29(18-21-14-16-23(35-3)17-15-21)26(31)19-30(36(4,33)34)25-13-9-6-10-20(25)2/h6,9-10,13-17,22,24H,5,7-8,11-12,18-19H2,1-4H3,(H,28,32)/t24-/m1/s1. The van der Waals surface area contributed by atoms with Gasteiger partial charge in [0.2, 0.25) is 21.8 Å². The smallest absolute Gasteiger partial charge is 0.244 e. The average molecular weight is 516 g/mol. The summed E-state index contributed by atoms with van der Waals surface area (Å²) in [6.45, 7) is 3.44. The molecule has 0 aromatic heterocycles. The van der Waals surface area contributed by atoms with Crippen LogP contribution in [0.3, 0.4) is 0 Å². The van der Waals surface area contributed by atoms with Gasteiger partial charge in [-0.05, 0) is 55.5 Å². The number of ether oxygens (including phenoxy) is 1. The van der Waals surface area contributed by atoms with Gasteiger partial charge in [-0.2, -0.15) is 0 Å². The molecule has 36 heavy (non-hydrogen) atoms. The van der Waals surface area contributed by atoms with Crippen molar-refractivity contribution < 1.29 is 22.7 Å². The molecule has 196 valence electrons. The Labute approximate surface area is 214 Å². The van der Waals surface area contributed by atoms with Gasteiger partial charge < -0.3 is 15.0 Å². The first kappa shape index (κ1) is 27.5. The van der Waals surface area contributed by atoms with Crippen LogP contribution in [0.5, 0.6) is 5.75 Å². The number of anilines is 1. The number of nitrogens with one attached hydrogen (secondary N) is 1. The third-order valence-corrected chi connectivity index (χ3v) is 7.79. The summed E-state index contributed by atoms with van der Waals surface area (Å²) in [5, 5.41) is 3.11. The van der Waals surface area contributed by atoms with E-state index in [1.807, 2.05) is 25.1 Å². The van der Waals surface area contributed by atoms with Crippen LogP contribution in [0.1, 0.15) is 50.2 Å². The molecule has 9 heteroatoms. The van der Waals surface area contributed by atoms with Crippen LogP contribution < -0.4 is 14.4 Å². The number of methoxy groups -OCH3 is 1. The summed E-state index contributed by atoms with van der Waals surface area (Å²) < 4.78 is 31.8. The van der Waals surface area contributed by atoms with Crippen LogP contribution in [-0.4, -0.2) is 57.1 Å². The molecule has 0 heterocycles. The van der Waals surface area contributed by atoms with Crippen LogP contribution in [0, 0.1) is 6.92 Å². The van der Waals surface area contributed by atoms with E-state index in [1.54, 1.807) is 44.4 Å². The molecule has 0 bridgehead atoms. The third kappa shape index (κ3) is 7.00. The molecule has 1 atom stereocenters. The molecular formula is C27H37N3O5S. The van der Waals surface area contributed by atoms with Crippen molar-refractivity contribution in [1.82, 2.24) is 10.2 Å². The Balaban J connectivity index is 1.92. The first-order chi connectivity index (χ1) is 17.1. The molecule has 1 aliphatic carbocycles. The number of nitrogens with zero attached hydrogens (tertiary/aromatic N) is 2. The number of amides is 2. The Bertz CT molecular complexity index is 1140. The lowest BCUT2D eigenvalue weighted by molar-refractivity contribution is -0.140. The fraction of sp³-hybridized carbons (Fsp3) is 0.481. The fourth-order valence-electron chi connectivity index (χ4n) is 4.65. The van der Waals surface area contributed by atoms with Gasteiger partial charge in [-0.3, -0.25) is 13.9 Å². The van der Waals surface area contributed by atoms with Crippen LogP contribution in [0.25, 0.3) is 0 Å². The van der Waals surface area contributed by atoms with E-state index < -0.39 is 28.5 Å². The molecule has 1 saturated carbocycles. The maximum Gasteiger partial charge on any atom is 0.244 e. The number of aryl methyl sites for hydroxylation is 1. The van der Waals surface area contributed by atoms with Gasteiger partial charge >= 0.3 is 0 Å². The SMILES string of the molecule is CC[C@H](C(=O)NC1CCCC1)N(Cc1ccc(OC)cc1)C(=O)CN(c1ccccc1C)S(C)(=O)=O. The van der Waals surface area contributed by atoms with E-state index in [9.17, 15) is 18.0 Å². The van der Waals surface area contributed by atoms with Crippen molar-refractivity contribution in [3.05, 3.63) is 59.7 Å². The van der Waals surface area contributed by atoms with Crippen molar-refractivity contribution in [1.29, 1.82) is 0 Å². The highest BCUT2D eigenvalue weighted by atomic mass is 32.2. The Hall–Kier alpha value is -3.07. The van der Waals surface area contributed by atoms with Gasteiger partial charge in [0.15, 0.2) is 0 Å². The van der Waals surface area contributed by atoms with E-state index in [0.29, 0.717) is 17.9 Å². The highest BCUT2D eigenvalue weighted by Gasteiger charge is 2.33. The van der Waals surface area contributed by atoms with Crippen molar-refractivity contribution in [2.45, 2.75) is 64.6 Å². The Morgan fingerprint density at radius 3 is 2.28 bits per heavy atom. The molecule has 0 spiro atoms. The lowest BCUT2D eigenvalue weighted by Crippen LogP contribution is -2.53. The van der Waals surface area contributed by atoms with Crippen LogP contribution in [0.15, 0.2) is 48.5 Å². The van der Waals surface area contributed by atoms with Crippen molar-refractivity contribution in [2.24, 2.45) is 0 Å². The molecule has 0 saturated heterocycles. The molecule has 2 aromatic carbocycles. The summed E-state index contributed by atoms with van der Waals surface area (Å²) in [7, 11) is -2.17. The van der Waals surface area contributed by atoms with Crippen molar-refractivity contribution >= 4 is 27.5 Å². The second-order valence-corrected chi connectivity index (χ2v) is 11.2. The summed E-state index contributed by atoms with van der Waals surface area (Å²) in [6, 6.07) is 13.7.